The number of nitrogen functional groups attached to an aromatic ring is 1. The van der Waals surface area contributed by atoms with Gasteiger partial charge in [-0.3, -0.25) is 4.98 Å². The highest BCUT2D eigenvalue weighted by molar-refractivity contribution is 5.53. The summed E-state index contributed by atoms with van der Waals surface area (Å²) in [6.45, 7) is 4.31. The summed E-state index contributed by atoms with van der Waals surface area (Å²) in [5.41, 5.74) is 9.59. The lowest BCUT2D eigenvalue weighted by Crippen LogP contribution is -2.05. The Balaban J connectivity index is 2.08. The molecular formula is C15H18N2O2. The van der Waals surface area contributed by atoms with Crippen molar-refractivity contribution in [2.45, 2.75) is 20.5 Å². The van der Waals surface area contributed by atoms with E-state index in [0.29, 0.717) is 6.61 Å². The van der Waals surface area contributed by atoms with Crippen molar-refractivity contribution in [3.63, 3.8) is 0 Å². The number of nitrogens with zero attached hydrogens (tertiary/aromatic N) is 1. The Kier molecular flexibility index (Phi) is 3.90. The van der Waals surface area contributed by atoms with Crippen LogP contribution in [0.15, 0.2) is 30.5 Å². The van der Waals surface area contributed by atoms with Crippen molar-refractivity contribution >= 4 is 5.69 Å². The summed E-state index contributed by atoms with van der Waals surface area (Å²) >= 11 is 0. The quantitative estimate of drug-likeness (QED) is 0.916. The van der Waals surface area contributed by atoms with Gasteiger partial charge in [0.15, 0.2) is 0 Å². The number of aromatic nitrogens is 1. The lowest BCUT2D eigenvalue weighted by atomic mass is 10.1. The van der Waals surface area contributed by atoms with E-state index >= 15 is 0 Å². The van der Waals surface area contributed by atoms with Crippen molar-refractivity contribution in [3.05, 3.63) is 47.3 Å². The van der Waals surface area contributed by atoms with Crippen LogP contribution in [-0.4, -0.2) is 12.1 Å². The van der Waals surface area contributed by atoms with E-state index < -0.39 is 0 Å². The zero-order valence-electron chi connectivity index (χ0n) is 11.4. The Morgan fingerprint density at radius 1 is 1.11 bits per heavy atom. The Hall–Kier alpha value is -2.23. The fourth-order valence-electron chi connectivity index (χ4n) is 1.76. The van der Waals surface area contributed by atoms with Crippen LogP contribution >= 0.6 is 0 Å². The number of methoxy groups -OCH3 is 1. The fraction of sp³-hybridized carbons (Fsp3) is 0.267. The van der Waals surface area contributed by atoms with Crippen LogP contribution in [0, 0.1) is 13.8 Å². The summed E-state index contributed by atoms with van der Waals surface area (Å²) in [5.74, 6) is 1.59. The molecule has 0 bridgehead atoms. The van der Waals surface area contributed by atoms with E-state index in [2.05, 4.69) is 4.98 Å². The molecule has 4 heteroatoms. The van der Waals surface area contributed by atoms with E-state index in [1.165, 1.54) is 0 Å². The van der Waals surface area contributed by atoms with Crippen LogP contribution in [0.1, 0.15) is 16.8 Å². The van der Waals surface area contributed by atoms with Crippen LogP contribution in [0.2, 0.25) is 0 Å². The molecule has 2 aromatic rings. The van der Waals surface area contributed by atoms with Gasteiger partial charge in [-0.05, 0) is 49.2 Å². The number of pyridine rings is 1. The summed E-state index contributed by atoms with van der Waals surface area (Å²) in [6.07, 6.45) is 1.77. The Labute approximate surface area is 113 Å². The van der Waals surface area contributed by atoms with Gasteiger partial charge >= 0.3 is 0 Å². The third-order valence-electron chi connectivity index (χ3n) is 3.11. The molecule has 0 radical (unpaired) electrons. The average Bonchev–Trinajstić information content (AvgIpc) is 2.45. The van der Waals surface area contributed by atoms with Crippen LogP contribution in [-0.2, 0) is 6.61 Å². The number of hydrogen-bond donors (Lipinski definition) is 1. The van der Waals surface area contributed by atoms with Gasteiger partial charge in [0.25, 0.3) is 0 Å². The fourth-order valence-corrected chi connectivity index (χ4v) is 1.76. The summed E-state index contributed by atoms with van der Waals surface area (Å²) in [4.78, 5) is 4.36. The molecule has 0 aliphatic carbocycles. The summed E-state index contributed by atoms with van der Waals surface area (Å²) in [7, 11) is 1.64. The van der Waals surface area contributed by atoms with Crippen LogP contribution in [0.4, 0.5) is 5.69 Å². The van der Waals surface area contributed by atoms with E-state index in [1.807, 2.05) is 38.1 Å². The normalized spacial score (nSPS) is 10.3. The monoisotopic (exact) mass is 258 g/mol. The molecule has 0 unspecified atom stereocenters. The predicted molar refractivity (Wildman–Crippen MR) is 75.4 cm³/mol. The molecule has 0 atom stereocenters. The van der Waals surface area contributed by atoms with Gasteiger partial charge in [0.1, 0.15) is 18.1 Å². The maximum absolute atomic E-state index is 5.98. The van der Waals surface area contributed by atoms with Gasteiger partial charge in [-0.15, -0.1) is 0 Å². The maximum atomic E-state index is 5.98. The Morgan fingerprint density at radius 3 is 2.37 bits per heavy atom. The minimum absolute atomic E-state index is 0.405. The first-order chi connectivity index (χ1) is 9.11. The van der Waals surface area contributed by atoms with E-state index in [4.69, 9.17) is 15.2 Å². The van der Waals surface area contributed by atoms with Crippen molar-refractivity contribution in [2.24, 2.45) is 0 Å². The molecule has 1 aromatic heterocycles. The number of benzene rings is 1. The van der Waals surface area contributed by atoms with Crippen molar-refractivity contribution in [1.29, 1.82) is 0 Å². The Morgan fingerprint density at radius 2 is 1.74 bits per heavy atom. The molecule has 0 aliphatic heterocycles. The number of hydrogen-bond acceptors (Lipinski definition) is 4. The zero-order chi connectivity index (χ0) is 13.8. The largest absolute Gasteiger partial charge is 0.497 e. The second-order valence-corrected chi connectivity index (χ2v) is 4.39. The summed E-state index contributed by atoms with van der Waals surface area (Å²) in [5, 5.41) is 0. The van der Waals surface area contributed by atoms with Gasteiger partial charge in [0, 0.05) is 11.9 Å². The standard InChI is InChI=1S/C15H18N2O2/c1-10-8-17-14(11(2)15(10)16)9-19-13-6-4-12(18-3)5-7-13/h4-8H,9H2,1-3H3,(H2,16,17). The molecule has 1 aromatic carbocycles. The molecule has 4 nitrogen and oxygen atoms in total. The molecule has 0 saturated carbocycles. The van der Waals surface area contributed by atoms with E-state index in [1.54, 1.807) is 13.3 Å². The first-order valence-electron chi connectivity index (χ1n) is 6.09. The molecule has 1 heterocycles. The third-order valence-corrected chi connectivity index (χ3v) is 3.11. The molecule has 19 heavy (non-hydrogen) atoms. The topological polar surface area (TPSA) is 57.4 Å². The molecular weight excluding hydrogens is 240 g/mol. The summed E-state index contributed by atoms with van der Waals surface area (Å²) < 4.78 is 10.8. The van der Waals surface area contributed by atoms with E-state index in [9.17, 15) is 0 Å². The lowest BCUT2D eigenvalue weighted by molar-refractivity contribution is 0.300. The van der Waals surface area contributed by atoms with Gasteiger partial charge in [-0.25, -0.2) is 0 Å². The number of aryl methyl sites for hydroxylation is 1. The van der Waals surface area contributed by atoms with Crippen molar-refractivity contribution in [2.75, 3.05) is 12.8 Å². The first kappa shape index (κ1) is 13.2. The predicted octanol–water partition coefficient (Wildman–Crippen LogP) is 2.87. The smallest absolute Gasteiger partial charge is 0.131 e. The molecule has 2 rings (SSSR count). The van der Waals surface area contributed by atoms with Crippen LogP contribution in [0.25, 0.3) is 0 Å². The van der Waals surface area contributed by atoms with Crippen LogP contribution < -0.4 is 15.2 Å². The molecule has 0 spiro atoms. The van der Waals surface area contributed by atoms with Gasteiger partial charge in [-0.2, -0.15) is 0 Å². The van der Waals surface area contributed by atoms with Gasteiger partial charge in [-0.1, -0.05) is 0 Å². The second kappa shape index (κ2) is 5.61. The Bertz CT molecular complexity index is 565. The van der Waals surface area contributed by atoms with Crippen LogP contribution in [0.5, 0.6) is 11.5 Å². The summed E-state index contributed by atoms with van der Waals surface area (Å²) in [6, 6.07) is 7.45. The molecule has 0 saturated heterocycles. The number of anilines is 1. The van der Waals surface area contributed by atoms with Gasteiger partial charge < -0.3 is 15.2 Å². The number of nitrogens with two attached hydrogens (primary N) is 1. The minimum Gasteiger partial charge on any atom is -0.497 e. The molecule has 0 fully saturated rings. The van der Waals surface area contributed by atoms with Crippen molar-refractivity contribution in [3.8, 4) is 11.5 Å². The first-order valence-corrected chi connectivity index (χ1v) is 6.09. The molecule has 100 valence electrons. The third kappa shape index (κ3) is 2.96. The van der Waals surface area contributed by atoms with E-state index in [-0.39, 0.29) is 0 Å². The number of rotatable bonds is 4. The van der Waals surface area contributed by atoms with E-state index in [0.717, 1.165) is 34.0 Å². The molecule has 2 N–H and O–H groups in total. The van der Waals surface area contributed by atoms with Crippen LogP contribution in [0.3, 0.4) is 0 Å². The average molecular weight is 258 g/mol. The minimum atomic E-state index is 0.405. The second-order valence-electron chi connectivity index (χ2n) is 4.39. The molecule has 0 amide bonds. The van der Waals surface area contributed by atoms with Crippen molar-refractivity contribution in [1.82, 2.24) is 4.98 Å². The maximum Gasteiger partial charge on any atom is 0.131 e. The van der Waals surface area contributed by atoms with Gasteiger partial charge in [0.05, 0.1) is 12.8 Å². The lowest BCUT2D eigenvalue weighted by Gasteiger charge is -2.11. The highest BCUT2D eigenvalue weighted by atomic mass is 16.5. The number of ether oxygens (including phenoxy) is 2. The SMILES string of the molecule is COc1ccc(OCc2ncc(C)c(N)c2C)cc1. The molecule has 0 aliphatic rings. The van der Waals surface area contributed by atoms with Gasteiger partial charge in [0.2, 0.25) is 0 Å². The highest BCUT2D eigenvalue weighted by Gasteiger charge is 2.06. The van der Waals surface area contributed by atoms with Crippen molar-refractivity contribution < 1.29 is 9.47 Å². The highest BCUT2D eigenvalue weighted by Crippen LogP contribution is 2.21. The zero-order valence-corrected chi connectivity index (χ0v) is 11.4.